The van der Waals surface area contributed by atoms with Crippen molar-refractivity contribution >= 4 is 21.9 Å². The second-order valence-electron chi connectivity index (χ2n) is 3.12. The number of hydrogen-bond donors (Lipinski definition) is 0. The van der Waals surface area contributed by atoms with Crippen LogP contribution in [0, 0.1) is 6.92 Å². The van der Waals surface area contributed by atoms with Gasteiger partial charge in [0.05, 0.1) is 18.4 Å². The summed E-state index contributed by atoms with van der Waals surface area (Å²) in [4.78, 5) is 15.2. The van der Waals surface area contributed by atoms with E-state index in [9.17, 15) is 13.6 Å². The lowest BCUT2D eigenvalue weighted by Crippen LogP contribution is -2.11. The maximum atomic E-state index is 12.7. The Morgan fingerprint density at radius 3 is 2.69 bits per heavy atom. The molecular weight excluding hydrogens is 284 g/mol. The van der Waals surface area contributed by atoms with Gasteiger partial charge in [0.2, 0.25) is 0 Å². The van der Waals surface area contributed by atoms with Gasteiger partial charge in [-0.3, -0.25) is 0 Å². The first-order valence-electron chi connectivity index (χ1n) is 4.44. The Labute approximate surface area is 99.9 Å². The Morgan fingerprint density at radius 1 is 1.62 bits per heavy atom. The number of aromatic nitrogens is 1. The highest BCUT2D eigenvalue weighted by Crippen LogP contribution is 2.25. The SMILES string of the molecule is COC(=O)c1nc(CBr)c(C)cc1C(F)F. The quantitative estimate of drug-likeness (QED) is 0.635. The summed E-state index contributed by atoms with van der Waals surface area (Å²) in [6, 6.07) is 1.26. The molecule has 1 rings (SSSR count). The molecule has 0 saturated carbocycles. The van der Waals surface area contributed by atoms with Gasteiger partial charge in [-0.1, -0.05) is 15.9 Å². The standard InChI is InChI=1S/C10H10BrF2NO2/c1-5-3-6(9(12)13)8(10(15)16-2)14-7(5)4-11/h3,9H,4H2,1-2H3. The molecule has 1 aromatic rings. The molecule has 0 aliphatic rings. The van der Waals surface area contributed by atoms with Crippen molar-refractivity contribution < 1.29 is 18.3 Å². The minimum absolute atomic E-state index is 0.322. The Hall–Kier alpha value is -1.04. The van der Waals surface area contributed by atoms with Gasteiger partial charge >= 0.3 is 5.97 Å². The largest absolute Gasteiger partial charge is 0.464 e. The monoisotopic (exact) mass is 293 g/mol. The van der Waals surface area contributed by atoms with Crippen LogP contribution in [0.15, 0.2) is 6.07 Å². The molecule has 0 aliphatic carbocycles. The molecule has 6 heteroatoms. The maximum absolute atomic E-state index is 12.7. The average Bonchev–Trinajstić information content (AvgIpc) is 2.27. The van der Waals surface area contributed by atoms with Crippen LogP contribution in [0.5, 0.6) is 0 Å². The molecule has 0 saturated heterocycles. The van der Waals surface area contributed by atoms with Gasteiger partial charge in [-0.05, 0) is 18.6 Å². The highest BCUT2D eigenvalue weighted by Gasteiger charge is 2.22. The van der Waals surface area contributed by atoms with Crippen LogP contribution in [0.25, 0.3) is 0 Å². The summed E-state index contributed by atoms with van der Waals surface area (Å²) in [6.07, 6.45) is -2.75. The minimum Gasteiger partial charge on any atom is -0.464 e. The van der Waals surface area contributed by atoms with Crippen LogP contribution >= 0.6 is 15.9 Å². The van der Waals surface area contributed by atoms with E-state index >= 15 is 0 Å². The van der Waals surface area contributed by atoms with Crippen LogP contribution in [0.3, 0.4) is 0 Å². The van der Waals surface area contributed by atoms with Crippen molar-refractivity contribution in [2.24, 2.45) is 0 Å². The molecule has 0 spiro atoms. The van der Waals surface area contributed by atoms with E-state index in [1.807, 2.05) is 0 Å². The van der Waals surface area contributed by atoms with Crippen LogP contribution in [0.2, 0.25) is 0 Å². The number of nitrogens with zero attached hydrogens (tertiary/aromatic N) is 1. The van der Waals surface area contributed by atoms with Crippen molar-refractivity contribution in [3.63, 3.8) is 0 Å². The first kappa shape index (κ1) is 13.0. The van der Waals surface area contributed by atoms with Crippen molar-refractivity contribution in [3.8, 4) is 0 Å². The second kappa shape index (κ2) is 5.34. The third-order valence-corrected chi connectivity index (χ3v) is 2.62. The van der Waals surface area contributed by atoms with Crippen LogP contribution in [0.1, 0.15) is 33.7 Å². The molecule has 0 N–H and O–H groups in total. The molecule has 0 atom stereocenters. The summed E-state index contributed by atoms with van der Waals surface area (Å²) in [5, 5.41) is 0.395. The number of ether oxygens (including phenoxy) is 1. The van der Waals surface area contributed by atoms with Crippen LogP contribution in [-0.4, -0.2) is 18.1 Å². The van der Waals surface area contributed by atoms with Gasteiger partial charge in [0, 0.05) is 5.33 Å². The van der Waals surface area contributed by atoms with Gasteiger partial charge in [0.25, 0.3) is 6.43 Å². The van der Waals surface area contributed by atoms with Crippen molar-refractivity contribution in [3.05, 3.63) is 28.6 Å². The predicted molar refractivity (Wildman–Crippen MR) is 57.9 cm³/mol. The molecule has 88 valence electrons. The molecule has 1 heterocycles. The van der Waals surface area contributed by atoms with Crippen LogP contribution in [0.4, 0.5) is 8.78 Å². The molecular formula is C10H10BrF2NO2. The molecule has 1 aromatic heterocycles. The Bertz CT molecular complexity index is 410. The summed E-state index contributed by atoms with van der Waals surface area (Å²) >= 11 is 3.17. The molecule has 0 amide bonds. The van der Waals surface area contributed by atoms with Gasteiger partial charge in [-0.15, -0.1) is 0 Å². The molecule has 0 fully saturated rings. The zero-order valence-electron chi connectivity index (χ0n) is 8.76. The van der Waals surface area contributed by atoms with Crippen molar-refractivity contribution in [1.29, 1.82) is 0 Å². The van der Waals surface area contributed by atoms with Gasteiger partial charge < -0.3 is 4.74 Å². The van der Waals surface area contributed by atoms with E-state index in [0.717, 1.165) is 7.11 Å². The van der Waals surface area contributed by atoms with E-state index in [1.54, 1.807) is 6.92 Å². The zero-order chi connectivity index (χ0) is 12.3. The maximum Gasteiger partial charge on any atom is 0.357 e. The molecule has 0 radical (unpaired) electrons. The summed E-state index contributed by atoms with van der Waals surface area (Å²) in [6.45, 7) is 1.66. The number of hydrogen-bond acceptors (Lipinski definition) is 3. The summed E-state index contributed by atoms with van der Waals surface area (Å²) in [5.74, 6) is -0.850. The number of pyridine rings is 1. The van der Waals surface area contributed by atoms with Gasteiger partial charge in [-0.25, -0.2) is 18.6 Å². The number of carbonyl (C=O) groups excluding carboxylic acids is 1. The molecule has 0 aromatic carbocycles. The predicted octanol–water partition coefficient (Wildman–Crippen LogP) is 3.01. The number of carbonyl (C=O) groups is 1. The third kappa shape index (κ3) is 2.55. The van der Waals surface area contributed by atoms with Crippen molar-refractivity contribution in [2.75, 3.05) is 7.11 Å². The molecule has 16 heavy (non-hydrogen) atoms. The van der Waals surface area contributed by atoms with Gasteiger partial charge in [0.1, 0.15) is 0 Å². The third-order valence-electron chi connectivity index (χ3n) is 2.09. The summed E-state index contributed by atoms with van der Waals surface area (Å²) in [5.41, 5.74) is 0.441. The van der Waals surface area contributed by atoms with E-state index in [0.29, 0.717) is 16.6 Å². The smallest absolute Gasteiger partial charge is 0.357 e. The van der Waals surface area contributed by atoms with E-state index < -0.39 is 18.0 Å². The number of alkyl halides is 3. The first-order valence-corrected chi connectivity index (χ1v) is 5.56. The van der Waals surface area contributed by atoms with E-state index in [-0.39, 0.29) is 5.69 Å². The molecule has 0 aliphatic heterocycles. The Morgan fingerprint density at radius 2 is 2.25 bits per heavy atom. The fourth-order valence-corrected chi connectivity index (χ4v) is 1.80. The molecule has 3 nitrogen and oxygen atoms in total. The number of esters is 1. The lowest BCUT2D eigenvalue weighted by atomic mass is 10.1. The lowest BCUT2D eigenvalue weighted by molar-refractivity contribution is 0.0581. The lowest BCUT2D eigenvalue weighted by Gasteiger charge is -2.10. The van der Waals surface area contributed by atoms with E-state index in [4.69, 9.17) is 0 Å². The number of methoxy groups -OCH3 is 1. The number of aryl methyl sites for hydroxylation is 1. The van der Waals surface area contributed by atoms with Gasteiger partial charge in [0.15, 0.2) is 5.69 Å². The van der Waals surface area contributed by atoms with E-state index in [2.05, 4.69) is 25.7 Å². The minimum atomic E-state index is -2.75. The Balaban J connectivity index is 3.36. The fourth-order valence-electron chi connectivity index (χ4n) is 1.23. The topological polar surface area (TPSA) is 39.2 Å². The second-order valence-corrected chi connectivity index (χ2v) is 3.68. The highest BCUT2D eigenvalue weighted by molar-refractivity contribution is 9.08. The van der Waals surface area contributed by atoms with E-state index in [1.165, 1.54) is 6.07 Å². The Kier molecular flexibility index (Phi) is 4.35. The fraction of sp³-hybridized carbons (Fsp3) is 0.400. The number of halogens is 3. The molecule has 0 unspecified atom stereocenters. The normalized spacial score (nSPS) is 10.6. The zero-order valence-corrected chi connectivity index (χ0v) is 10.3. The first-order chi connectivity index (χ1) is 7.51. The molecule has 0 bridgehead atoms. The average molecular weight is 294 g/mol. The highest BCUT2D eigenvalue weighted by atomic mass is 79.9. The summed E-state index contributed by atoms with van der Waals surface area (Å²) < 4.78 is 29.8. The van der Waals surface area contributed by atoms with Crippen LogP contribution in [-0.2, 0) is 10.1 Å². The van der Waals surface area contributed by atoms with Crippen molar-refractivity contribution in [1.82, 2.24) is 4.98 Å². The van der Waals surface area contributed by atoms with Gasteiger partial charge in [-0.2, -0.15) is 0 Å². The van der Waals surface area contributed by atoms with Crippen molar-refractivity contribution in [2.45, 2.75) is 18.7 Å². The van der Waals surface area contributed by atoms with Crippen LogP contribution < -0.4 is 0 Å². The number of rotatable bonds is 3. The summed E-state index contributed by atoms with van der Waals surface area (Å²) in [7, 11) is 1.13.